The van der Waals surface area contributed by atoms with Gasteiger partial charge in [0.05, 0.1) is 18.3 Å². The summed E-state index contributed by atoms with van der Waals surface area (Å²) >= 11 is 3.24. The number of pyridine rings is 1. The average Bonchev–Trinajstić information content (AvgIpc) is 2.87. The number of hydrogen-bond acceptors (Lipinski definition) is 7. The second-order valence-corrected chi connectivity index (χ2v) is 9.14. The van der Waals surface area contributed by atoms with Gasteiger partial charge in [-0.1, -0.05) is 0 Å². The van der Waals surface area contributed by atoms with Gasteiger partial charge in [-0.25, -0.2) is 4.39 Å². The van der Waals surface area contributed by atoms with E-state index in [1.165, 1.54) is 24.5 Å². The maximum atomic E-state index is 15.4. The Hall–Kier alpha value is -4.19. The Morgan fingerprint density at radius 1 is 1.13 bits per heavy atom. The minimum absolute atomic E-state index is 0.0444. The van der Waals surface area contributed by atoms with Crippen LogP contribution in [0.4, 0.5) is 10.1 Å². The third-order valence-corrected chi connectivity index (χ3v) is 5.75. The SMILES string of the molecule is CCOc1cc(C(Nc2ccc(C(=N)N)cc2)C(=O)NNC(=O)c2ccncc2Br)c(F)cc1OC(C)C. The maximum Gasteiger partial charge on any atom is 0.270 e. The molecule has 0 aliphatic rings. The summed E-state index contributed by atoms with van der Waals surface area (Å²) in [4.78, 5) is 29.8. The molecule has 200 valence electrons. The van der Waals surface area contributed by atoms with E-state index in [9.17, 15) is 9.59 Å². The lowest BCUT2D eigenvalue weighted by atomic mass is 10.0. The maximum absolute atomic E-state index is 15.4. The van der Waals surface area contributed by atoms with Crippen LogP contribution in [0.3, 0.4) is 0 Å². The minimum atomic E-state index is -1.30. The molecule has 3 aromatic rings. The van der Waals surface area contributed by atoms with E-state index in [0.717, 1.165) is 6.07 Å². The summed E-state index contributed by atoms with van der Waals surface area (Å²) < 4.78 is 27.2. The van der Waals surface area contributed by atoms with Gasteiger partial charge in [-0.3, -0.25) is 30.8 Å². The molecule has 0 saturated heterocycles. The van der Waals surface area contributed by atoms with Crippen LogP contribution in [-0.4, -0.2) is 35.3 Å². The Balaban J connectivity index is 1.95. The molecule has 10 nitrogen and oxygen atoms in total. The number of nitrogens with two attached hydrogens (primary N) is 1. The summed E-state index contributed by atoms with van der Waals surface area (Å²) in [7, 11) is 0. The number of benzene rings is 2. The molecular formula is C26H28BrFN6O4. The van der Waals surface area contributed by atoms with Gasteiger partial charge in [0.1, 0.15) is 17.7 Å². The third-order valence-electron chi connectivity index (χ3n) is 5.12. The number of halogens is 2. The highest BCUT2D eigenvalue weighted by Gasteiger charge is 2.27. The number of amides is 2. The van der Waals surface area contributed by atoms with Gasteiger partial charge in [0.15, 0.2) is 11.5 Å². The van der Waals surface area contributed by atoms with Crippen molar-refractivity contribution in [3.05, 3.63) is 81.8 Å². The van der Waals surface area contributed by atoms with Crippen molar-refractivity contribution in [3.8, 4) is 11.5 Å². The summed E-state index contributed by atoms with van der Waals surface area (Å²) in [5.41, 5.74) is 11.3. The molecule has 0 bridgehead atoms. The highest BCUT2D eigenvalue weighted by molar-refractivity contribution is 9.10. The Labute approximate surface area is 227 Å². The van der Waals surface area contributed by atoms with Gasteiger partial charge in [0, 0.05) is 39.7 Å². The van der Waals surface area contributed by atoms with E-state index in [1.807, 2.05) is 0 Å². The van der Waals surface area contributed by atoms with Crippen molar-refractivity contribution in [2.75, 3.05) is 11.9 Å². The summed E-state index contributed by atoms with van der Waals surface area (Å²) in [6, 6.07) is 9.09. The number of carbonyl (C=O) groups excluding carboxylic acids is 2. The lowest BCUT2D eigenvalue weighted by Gasteiger charge is -2.23. The second kappa shape index (κ2) is 12.9. The molecule has 0 fully saturated rings. The molecule has 1 atom stereocenters. The first kappa shape index (κ1) is 28.4. The highest BCUT2D eigenvalue weighted by Crippen LogP contribution is 2.35. The van der Waals surface area contributed by atoms with Crippen LogP contribution in [0.2, 0.25) is 0 Å². The van der Waals surface area contributed by atoms with Gasteiger partial charge in [-0.15, -0.1) is 0 Å². The van der Waals surface area contributed by atoms with Gasteiger partial charge < -0.3 is 20.5 Å². The van der Waals surface area contributed by atoms with E-state index in [-0.39, 0.29) is 41.2 Å². The smallest absolute Gasteiger partial charge is 0.270 e. The monoisotopic (exact) mass is 586 g/mol. The number of hydrazine groups is 1. The molecule has 38 heavy (non-hydrogen) atoms. The number of rotatable bonds is 10. The number of carbonyl (C=O) groups is 2. The van der Waals surface area contributed by atoms with Crippen LogP contribution in [0.5, 0.6) is 11.5 Å². The number of hydrogen-bond donors (Lipinski definition) is 5. The van der Waals surface area contributed by atoms with E-state index in [2.05, 4.69) is 37.1 Å². The standard InChI is InChI=1S/C26H28BrFN6O4/c1-4-37-21-11-18(20(28)12-22(21)38-14(2)3)23(32-16-7-5-15(6-8-16)24(29)30)26(36)34-33-25(35)17-9-10-31-13-19(17)27/h5-14,23,32H,4H2,1-3H3,(H3,29,30)(H,33,35)(H,34,36). The van der Waals surface area contributed by atoms with Crippen molar-refractivity contribution in [2.45, 2.75) is 32.9 Å². The van der Waals surface area contributed by atoms with Crippen molar-refractivity contribution in [1.29, 1.82) is 5.41 Å². The van der Waals surface area contributed by atoms with Crippen LogP contribution in [0.1, 0.15) is 48.3 Å². The van der Waals surface area contributed by atoms with Crippen LogP contribution in [-0.2, 0) is 4.79 Å². The predicted molar refractivity (Wildman–Crippen MR) is 145 cm³/mol. The number of nitrogen functional groups attached to an aromatic ring is 1. The second-order valence-electron chi connectivity index (χ2n) is 8.29. The zero-order valence-electron chi connectivity index (χ0n) is 21.0. The molecular weight excluding hydrogens is 559 g/mol. The number of aromatic nitrogens is 1. The summed E-state index contributed by atoms with van der Waals surface area (Å²) in [5.74, 6) is -1.74. The molecule has 0 spiro atoms. The van der Waals surface area contributed by atoms with Crippen molar-refractivity contribution in [3.63, 3.8) is 0 Å². The van der Waals surface area contributed by atoms with E-state index < -0.39 is 23.7 Å². The zero-order chi connectivity index (χ0) is 27.8. The molecule has 0 radical (unpaired) electrons. The number of anilines is 1. The van der Waals surface area contributed by atoms with E-state index in [1.54, 1.807) is 45.0 Å². The topological polar surface area (TPSA) is 151 Å². The van der Waals surface area contributed by atoms with Crippen molar-refractivity contribution < 1.29 is 23.5 Å². The fourth-order valence-corrected chi connectivity index (χ4v) is 3.83. The average molecular weight is 587 g/mol. The van der Waals surface area contributed by atoms with Crippen LogP contribution in [0, 0.1) is 11.2 Å². The molecule has 0 aliphatic heterocycles. The van der Waals surface area contributed by atoms with Crippen LogP contribution in [0.25, 0.3) is 0 Å². The van der Waals surface area contributed by atoms with Gasteiger partial charge in [0.2, 0.25) is 0 Å². The number of ether oxygens (including phenoxy) is 2. The predicted octanol–water partition coefficient (Wildman–Crippen LogP) is 4.07. The third kappa shape index (κ3) is 7.19. The molecule has 2 amide bonds. The van der Waals surface area contributed by atoms with Gasteiger partial charge in [-0.05, 0) is 73.1 Å². The molecule has 1 unspecified atom stereocenters. The van der Waals surface area contributed by atoms with E-state index in [0.29, 0.717) is 15.7 Å². The molecule has 6 N–H and O–H groups in total. The first-order chi connectivity index (χ1) is 18.1. The Morgan fingerprint density at radius 2 is 1.84 bits per heavy atom. The molecule has 1 heterocycles. The Kier molecular flexibility index (Phi) is 9.61. The zero-order valence-corrected chi connectivity index (χ0v) is 22.6. The molecule has 0 saturated carbocycles. The first-order valence-corrected chi connectivity index (χ1v) is 12.4. The van der Waals surface area contributed by atoms with Crippen LogP contribution < -0.4 is 31.4 Å². The van der Waals surface area contributed by atoms with Crippen molar-refractivity contribution in [2.24, 2.45) is 5.73 Å². The Morgan fingerprint density at radius 3 is 2.45 bits per heavy atom. The first-order valence-electron chi connectivity index (χ1n) is 11.6. The van der Waals surface area contributed by atoms with Crippen LogP contribution >= 0.6 is 15.9 Å². The number of amidine groups is 1. The minimum Gasteiger partial charge on any atom is -0.490 e. The molecule has 1 aromatic heterocycles. The van der Waals surface area contributed by atoms with Crippen LogP contribution in [0.15, 0.2) is 59.3 Å². The summed E-state index contributed by atoms with van der Waals surface area (Å²) in [5, 5.41) is 10.5. The van der Waals surface area contributed by atoms with Gasteiger partial charge >= 0.3 is 0 Å². The lowest BCUT2D eigenvalue weighted by Crippen LogP contribution is -2.45. The Bertz CT molecular complexity index is 1320. The number of nitrogens with one attached hydrogen (secondary N) is 4. The van der Waals surface area contributed by atoms with Crippen molar-refractivity contribution in [1.82, 2.24) is 15.8 Å². The van der Waals surface area contributed by atoms with Crippen molar-refractivity contribution >= 4 is 39.3 Å². The molecule has 12 heteroatoms. The highest BCUT2D eigenvalue weighted by atomic mass is 79.9. The molecule has 2 aromatic carbocycles. The normalized spacial score (nSPS) is 11.4. The largest absolute Gasteiger partial charge is 0.490 e. The summed E-state index contributed by atoms with van der Waals surface area (Å²) in [6.45, 7) is 5.66. The van der Waals surface area contributed by atoms with Gasteiger partial charge in [-0.2, -0.15) is 0 Å². The lowest BCUT2D eigenvalue weighted by molar-refractivity contribution is -0.122. The molecule has 3 rings (SSSR count). The quantitative estimate of drug-likeness (QED) is 0.136. The van der Waals surface area contributed by atoms with E-state index in [4.69, 9.17) is 20.6 Å². The molecule has 0 aliphatic carbocycles. The number of nitrogens with zero attached hydrogens (tertiary/aromatic N) is 1. The fraction of sp³-hybridized carbons (Fsp3) is 0.231. The van der Waals surface area contributed by atoms with E-state index >= 15 is 4.39 Å². The summed E-state index contributed by atoms with van der Waals surface area (Å²) in [6.07, 6.45) is 2.64. The van der Waals surface area contributed by atoms with Gasteiger partial charge in [0.25, 0.3) is 11.8 Å². The fourth-order valence-electron chi connectivity index (χ4n) is 3.40.